The Bertz CT molecular complexity index is 1200. The Morgan fingerprint density at radius 2 is 1.58 bits per heavy atom. The van der Waals surface area contributed by atoms with Gasteiger partial charge in [-0.1, -0.05) is 72.3 Å². The second-order valence-corrected chi connectivity index (χ2v) is 7.96. The first kappa shape index (κ1) is 22.1. The maximum Gasteiger partial charge on any atom is 0.294 e. The number of hydrogen-bond acceptors (Lipinski definition) is 3. The van der Waals surface area contributed by atoms with Crippen LogP contribution in [0.5, 0.6) is 0 Å². The van der Waals surface area contributed by atoms with Crippen LogP contribution in [0.1, 0.15) is 32.8 Å². The fourth-order valence-corrected chi connectivity index (χ4v) is 3.64. The molecule has 1 heterocycles. The lowest BCUT2D eigenvalue weighted by molar-refractivity contribution is -0.120. The molecule has 0 saturated carbocycles. The van der Waals surface area contributed by atoms with Crippen LogP contribution in [0.4, 0.5) is 5.69 Å². The largest absolute Gasteiger partial charge is 0.459 e. The third kappa shape index (κ3) is 5.98. The highest BCUT2D eigenvalue weighted by atomic mass is 16.3. The van der Waals surface area contributed by atoms with Crippen molar-refractivity contribution in [2.24, 2.45) is 0 Å². The van der Waals surface area contributed by atoms with Crippen molar-refractivity contribution < 1.29 is 14.0 Å². The molecule has 0 saturated heterocycles. The Morgan fingerprint density at radius 1 is 0.818 bits per heavy atom. The summed E-state index contributed by atoms with van der Waals surface area (Å²) in [6, 6.07) is 28.7. The minimum atomic E-state index is -0.215. The van der Waals surface area contributed by atoms with E-state index in [-0.39, 0.29) is 24.0 Å². The van der Waals surface area contributed by atoms with E-state index in [1.165, 1.54) is 11.8 Å². The van der Waals surface area contributed by atoms with Gasteiger partial charge in [0.1, 0.15) is 0 Å². The zero-order chi connectivity index (χ0) is 23.0. The number of nitrogens with one attached hydrogen (secondary N) is 1. The van der Waals surface area contributed by atoms with Crippen LogP contribution in [0.15, 0.2) is 102 Å². The molecular weight excluding hydrogens is 412 g/mol. The quantitative estimate of drug-likeness (QED) is 0.406. The van der Waals surface area contributed by atoms with Crippen molar-refractivity contribution in [1.82, 2.24) is 5.32 Å². The highest BCUT2D eigenvalue weighted by Gasteiger charge is 2.20. The summed E-state index contributed by atoms with van der Waals surface area (Å²) < 4.78 is 5.34. The van der Waals surface area contributed by atoms with Gasteiger partial charge < -0.3 is 14.6 Å². The maximum absolute atomic E-state index is 13.1. The molecule has 0 atom stereocenters. The van der Waals surface area contributed by atoms with E-state index in [1.54, 1.807) is 17.0 Å². The van der Waals surface area contributed by atoms with Crippen LogP contribution < -0.4 is 10.2 Å². The number of carbonyl (C=O) groups excluding carboxylic acids is 2. The molecule has 0 unspecified atom stereocenters. The second-order valence-electron chi connectivity index (χ2n) is 7.96. The Balaban J connectivity index is 1.44. The van der Waals surface area contributed by atoms with Crippen LogP contribution in [0, 0.1) is 6.92 Å². The minimum Gasteiger partial charge on any atom is -0.459 e. The lowest BCUT2D eigenvalue weighted by Gasteiger charge is -2.22. The van der Waals surface area contributed by atoms with Crippen LogP contribution in [0.25, 0.3) is 0 Å². The number of aryl methyl sites for hydroxylation is 1. The lowest BCUT2D eigenvalue weighted by atomic mass is 10.1. The predicted octanol–water partition coefficient (Wildman–Crippen LogP) is 5.29. The molecule has 5 heteroatoms. The highest BCUT2D eigenvalue weighted by Crippen LogP contribution is 2.21. The third-order valence-corrected chi connectivity index (χ3v) is 5.35. The van der Waals surface area contributed by atoms with Crippen molar-refractivity contribution in [2.45, 2.75) is 26.4 Å². The summed E-state index contributed by atoms with van der Waals surface area (Å²) in [6.07, 6.45) is 1.77. The van der Waals surface area contributed by atoms with Gasteiger partial charge in [0.25, 0.3) is 5.91 Å². The molecule has 166 valence electrons. The zero-order valence-electron chi connectivity index (χ0n) is 18.5. The average molecular weight is 439 g/mol. The zero-order valence-corrected chi connectivity index (χ0v) is 18.5. The van der Waals surface area contributed by atoms with E-state index in [9.17, 15) is 9.59 Å². The van der Waals surface area contributed by atoms with Gasteiger partial charge in [0.15, 0.2) is 5.76 Å². The Labute approximate surface area is 193 Å². The Kier molecular flexibility index (Phi) is 7.00. The van der Waals surface area contributed by atoms with E-state index >= 15 is 0 Å². The Hall–Kier alpha value is -4.12. The molecule has 0 fully saturated rings. The second kappa shape index (κ2) is 10.5. The number of hydrogen-bond donors (Lipinski definition) is 1. The van der Waals surface area contributed by atoms with E-state index in [0.29, 0.717) is 13.1 Å². The van der Waals surface area contributed by atoms with Gasteiger partial charge in [-0.2, -0.15) is 0 Å². The predicted molar refractivity (Wildman–Crippen MR) is 129 cm³/mol. The van der Waals surface area contributed by atoms with Crippen molar-refractivity contribution in [1.29, 1.82) is 0 Å². The molecule has 0 aliphatic heterocycles. The molecule has 4 aromatic rings. The summed E-state index contributed by atoms with van der Waals surface area (Å²) in [5.74, 6) is 0.0232. The van der Waals surface area contributed by atoms with Gasteiger partial charge in [-0.05, 0) is 47.9 Å². The summed E-state index contributed by atoms with van der Waals surface area (Å²) in [4.78, 5) is 27.2. The first-order valence-electron chi connectivity index (χ1n) is 10.9. The van der Waals surface area contributed by atoms with Crippen molar-refractivity contribution in [3.63, 3.8) is 0 Å². The number of anilines is 1. The average Bonchev–Trinajstić information content (AvgIpc) is 3.37. The molecule has 1 N–H and O–H groups in total. The van der Waals surface area contributed by atoms with Gasteiger partial charge in [0.2, 0.25) is 5.91 Å². The molecule has 0 aliphatic carbocycles. The summed E-state index contributed by atoms with van der Waals surface area (Å²) >= 11 is 0. The molecule has 5 nitrogen and oxygen atoms in total. The number of nitrogens with zero attached hydrogens (tertiary/aromatic N) is 1. The summed E-state index contributed by atoms with van der Waals surface area (Å²) in [6.45, 7) is 2.95. The molecular formula is C28H26N2O3. The smallest absolute Gasteiger partial charge is 0.294 e. The standard InChI is InChI=1S/C28H26N2O3/c1-21-7-5-10-24(17-21)19-29-27(31)18-22-12-14-25(15-13-22)30(20-23-8-3-2-4-9-23)28(32)26-11-6-16-33-26/h2-17H,18-20H2,1H3,(H,29,31). The van der Waals surface area contributed by atoms with E-state index in [4.69, 9.17) is 4.42 Å². The minimum absolute atomic E-state index is 0.0444. The molecule has 4 rings (SSSR count). The molecule has 0 radical (unpaired) electrons. The number of amides is 2. The summed E-state index contributed by atoms with van der Waals surface area (Å²) in [5.41, 5.74) is 4.87. The van der Waals surface area contributed by atoms with E-state index in [2.05, 4.69) is 11.4 Å². The van der Waals surface area contributed by atoms with Gasteiger partial charge in [0, 0.05) is 12.2 Å². The summed E-state index contributed by atoms with van der Waals surface area (Å²) in [7, 11) is 0. The van der Waals surface area contributed by atoms with Gasteiger partial charge in [-0.25, -0.2) is 0 Å². The SMILES string of the molecule is Cc1cccc(CNC(=O)Cc2ccc(N(Cc3ccccc3)C(=O)c3ccco3)cc2)c1. The van der Waals surface area contributed by atoms with Crippen molar-refractivity contribution in [3.05, 3.63) is 125 Å². The van der Waals surface area contributed by atoms with Gasteiger partial charge in [0.05, 0.1) is 19.2 Å². The van der Waals surface area contributed by atoms with E-state index < -0.39 is 0 Å². The molecule has 0 aliphatic rings. The maximum atomic E-state index is 13.1. The highest BCUT2D eigenvalue weighted by molar-refractivity contribution is 6.04. The fraction of sp³-hybridized carbons (Fsp3) is 0.143. The lowest BCUT2D eigenvalue weighted by Crippen LogP contribution is -2.30. The normalized spacial score (nSPS) is 10.6. The molecule has 0 bridgehead atoms. The van der Waals surface area contributed by atoms with Crippen LogP contribution in [-0.4, -0.2) is 11.8 Å². The van der Waals surface area contributed by atoms with Crippen LogP contribution in [-0.2, 0) is 24.3 Å². The van der Waals surface area contributed by atoms with Crippen LogP contribution >= 0.6 is 0 Å². The number of benzene rings is 3. The van der Waals surface area contributed by atoms with Gasteiger partial charge >= 0.3 is 0 Å². The van der Waals surface area contributed by atoms with Crippen molar-refractivity contribution >= 4 is 17.5 Å². The number of rotatable bonds is 8. The van der Waals surface area contributed by atoms with Crippen molar-refractivity contribution in [2.75, 3.05) is 4.90 Å². The molecule has 33 heavy (non-hydrogen) atoms. The van der Waals surface area contributed by atoms with Crippen LogP contribution in [0.3, 0.4) is 0 Å². The number of furan rings is 1. The first-order chi connectivity index (χ1) is 16.1. The summed E-state index contributed by atoms with van der Waals surface area (Å²) in [5, 5.41) is 2.97. The topological polar surface area (TPSA) is 62.6 Å². The third-order valence-electron chi connectivity index (χ3n) is 5.35. The van der Waals surface area contributed by atoms with Gasteiger partial charge in [-0.15, -0.1) is 0 Å². The van der Waals surface area contributed by atoms with E-state index in [0.717, 1.165) is 22.4 Å². The van der Waals surface area contributed by atoms with Crippen LogP contribution in [0.2, 0.25) is 0 Å². The van der Waals surface area contributed by atoms with Gasteiger partial charge in [-0.3, -0.25) is 9.59 Å². The fourth-order valence-electron chi connectivity index (χ4n) is 3.64. The van der Waals surface area contributed by atoms with E-state index in [1.807, 2.05) is 79.7 Å². The first-order valence-corrected chi connectivity index (χ1v) is 10.9. The molecule has 3 aromatic carbocycles. The Morgan fingerprint density at radius 3 is 2.27 bits per heavy atom. The molecule has 2 amide bonds. The molecule has 1 aromatic heterocycles. The number of carbonyl (C=O) groups is 2. The van der Waals surface area contributed by atoms with Crippen molar-refractivity contribution in [3.8, 4) is 0 Å². The molecule has 0 spiro atoms. The monoisotopic (exact) mass is 438 g/mol.